The molecule has 0 aliphatic rings. The van der Waals surface area contributed by atoms with Crippen molar-refractivity contribution in [3.63, 3.8) is 0 Å². The highest BCUT2D eigenvalue weighted by molar-refractivity contribution is 7.46. The second-order valence-corrected chi connectivity index (χ2v) is 4.89. The largest absolute Gasteiger partial charge is 0.469 e. The third-order valence-corrected chi connectivity index (χ3v) is 2.48. The van der Waals surface area contributed by atoms with Gasteiger partial charge in [0.15, 0.2) is 6.10 Å². The molecule has 3 N–H and O–H groups in total. The van der Waals surface area contributed by atoms with E-state index in [0.29, 0.717) is 6.42 Å². The number of rotatable bonds is 10. The van der Waals surface area contributed by atoms with Crippen LogP contribution in [0, 0.1) is 0 Å². The summed E-state index contributed by atoms with van der Waals surface area (Å²) in [6.07, 6.45) is 1.72. The van der Waals surface area contributed by atoms with E-state index in [0.717, 1.165) is 12.8 Å². The van der Waals surface area contributed by atoms with E-state index >= 15 is 0 Å². The number of hydrogen-bond donors (Lipinski definition) is 3. The van der Waals surface area contributed by atoms with Gasteiger partial charge in [-0.25, -0.2) is 9.45 Å². The first kappa shape index (κ1) is 17.5. The summed E-state index contributed by atoms with van der Waals surface area (Å²) >= 11 is 0. The zero-order valence-electron chi connectivity index (χ0n) is 10.2. The van der Waals surface area contributed by atoms with Gasteiger partial charge in [-0.1, -0.05) is 19.8 Å². The van der Waals surface area contributed by atoms with Gasteiger partial charge in [-0.2, -0.15) is 0 Å². The number of ether oxygens (including phenoxy) is 1. The third-order valence-electron chi connectivity index (χ3n) is 1.99. The fraction of sp³-hybridized carbons (Fsp3) is 0.889. The van der Waals surface area contributed by atoms with Gasteiger partial charge in [-0.3, -0.25) is 14.6 Å². The molecule has 0 rings (SSSR count). The molecule has 0 saturated heterocycles. The first-order valence-electron chi connectivity index (χ1n) is 5.55. The minimum atomic E-state index is -4.63. The molecule has 0 spiro atoms. The summed E-state index contributed by atoms with van der Waals surface area (Å²) in [5.41, 5.74) is 0. The zero-order chi connectivity index (χ0) is 14.0. The lowest BCUT2D eigenvalue weighted by atomic mass is 10.2. The number of carbonyl (C=O) groups is 1. The molecule has 0 heterocycles. The predicted molar refractivity (Wildman–Crippen MR) is 60.6 cm³/mol. The van der Waals surface area contributed by atoms with Crippen LogP contribution in [-0.4, -0.2) is 40.3 Å². The van der Waals surface area contributed by atoms with Gasteiger partial charge < -0.3 is 14.5 Å². The van der Waals surface area contributed by atoms with Crippen molar-refractivity contribution >= 4 is 13.8 Å². The highest BCUT2D eigenvalue weighted by Gasteiger charge is 2.20. The van der Waals surface area contributed by atoms with Crippen LogP contribution in [0.5, 0.6) is 0 Å². The number of phosphoric acid groups is 1. The molecule has 9 heteroatoms. The van der Waals surface area contributed by atoms with E-state index in [4.69, 9.17) is 19.8 Å². The van der Waals surface area contributed by atoms with Gasteiger partial charge >= 0.3 is 13.8 Å². The topological polar surface area (TPSA) is 123 Å². The Morgan fingerprint density at radius 1 is 1.28 bits per heavy atom. The van der Waals surface area contributed by atoms with Crippen molar-refractivity contribution in [1.29, 1.82) is 0 Å². The van der Waals surface area contributed by atoms with Gasteiger partial charge in [-0.05, 0) is 6.42 Å². The summed E-state index contributed by atoms with van der Waals surface area (Å²) in [5, 5.41) is 8.43. The van der Waals surface area contributed by atoms with Crippen LogP contribution in [-0.2, 0) is 23.5 Å². The maximum absolute atomic E-state index is 11.2. The molecule has 0 fully saturated rings. The summed E-state index contributed by atoms with van der Waals surface area (Å²) in [7, 11) is -4.63. The van der Waals surface area contributed by atoms with Crippen LogP contribution < -0.4 is 0 Å². The number of phosphoric ester groups is 1. The van der Waals surface area contributed by atoms with E-state index in [1.807, 2.05) is 6.92 Å². The van der Waals surface area contributed by atoms with Crippen molar-refractivity contribution in [3.05, 3.63) is 0 Å². The van der Waals surface area contributed by atoms with Gasteiger partial charge in [-0.15, -0.1) is 0 Å². The van der Waals surface area contributed by atoms with Crippen molar-refractivity contribution < 1.29 is 38.6 Å². The third kappa shape index (κ3) is 10.6. The Morgan fingerprint density at radius 3 is 2.44 bits per heavy atom. The lowest BCUT2D eigenvalue weighted by Gasteiger charge is -2.14. The van der Waals surface area contributed by atoms with E-state index in [1.165, 1.54) is 0 Å². The fourth-order valence-electron chi connectivity index (χ4n) is 1.07. The number of hydrogen-bond acceptors (Lipinski definition) is 6. The second-order valence-electron chi connectivity index (χ2n) is 3.65. The molecule has 1 unspecified atom stereocenters. The van der Waals surface area contributed by atoms with Crippen LogP contribution in [0.2, 0.25) is 0 Å². The molecule has 0 aliphatic heterocycles. The molecule has 0 radical (unpaired) electrons. The quantitative estimate of drug-likeness (QED) is 0.179. The molecular formula is C9H19O8P. The van der Waals surface area contributed by atoms with Crippen molar-refractivity contribution in [2.45, 2.75) is 38.7 Å². The molecule has 0 saturated carbocycles. The van der Waals surface area contributed by atoms with Crippen LogP contribution >= 0.6 is 7.82 Å². The second kappa shape index (κ2) is 9.43. The Labute approximate surface area is 105 Å². The molecule has 0 bridgehead atoms. The van der Waals surface area contributed by atoms with Crippen LogP contribution in [0.15, 0.2) is 0 Å². The molecule has 0 aliphatic carbocycles. The van der Waals surface area contributed by atoms with Crippen molar-refractivity contribution in [2.75, 3.05) is 13.2 Å². The van der Waals surface area contributed by atoms with Gasteiger partial charge in [0.05, 0.1) is 6.61 Å². The highest BCUT2D eigenvalue weighted by Crippen LogP contribution is 2.35. The zero-order valence-corrected chi connectivity index (χ0v) is 11.0. The van der Waals surface area contributed by atoms with Crippen LogP contribution in [0.25, 0.3) is 0 Å². The van der Waals surface area contributed by atoms with E-state index in [9.17, 15) is 9.36 Å². The van der Waals surface area contributed by atoms with Crippen LogP contribution in [0.3, 0.4) is 0 Å². The standard InChI is InChI=1S/C9H19O8P/c1-2-3-4-5-9(10)15-6-8(17-11)7-16-18(12,13)14/h8,11H,2-7H2,1H3,(H2,12,13,14). The van der Waals surface area contributed by atoms with E-state index < -0.39 is 26.5 Å². The molecular weight excluding hydrogens is 267 g/mol. The average molecular weight is 286 g/mol. The SMILES string of the molecule is CCCCCC(=O)OCC(COP(=O)(O)O)OO. The van der Waals surface area contributed by atoms with Gasteiger partial charge in [0.2, 0.25) is 0 Å². The Bertz CT molecular complexity index is 276. The summed E-state index contributed by atoms with van der Waals surface area (Å²) in [5.74, 6) is -0.457. The Hall–Kier alpha value is -0.500. The summed E-state index contributed by atoms with van der Waals surface area (Å²) in [4.78, 5) is 31.9. The summed E-state index contributed by atoms with van der Waals surface area (Å²) < 4.78 is 19.2. The minimum absolute atomic E-state index is 0.255. The Balaban J connectivity index is 3.79. The molecule has 0 aromatic rings. The van der Waals surface area contributed by atoms with Crippen molar-refractivity contribution in [1.82, 2.24) is 0 Å². The monoisotopic (exact) mass is 286 g/mol. The molecule has 0 aromatic heterocycles. The number of esters is 1. The molecule has 1 atom stereocenters. The Kier molecular flexibility index (Phi) is 9.17. The predicted octanol–water partition coefficient (Wildman–Crippen LogP) is 1.08. The molecule has 108 valence electrons. The smallest absolute Gasteiger partial charge is 0.463 e. The first-order chi connectivity index (χ1) is 8.39. The lowest BCUT2D eigenvalue weighted by molar-refractivity contribution is -0.290. The average Bonchev–Trinajstić information content (AvgIpc) is 2.28. The molecule has 0 amide bonds. The first-order valence-corrected chi connectivity index (χ1v) is 7.08. The highest BCUT2D eigenvalue weighted by atomic mass is 31.2. The Morgan fingerprint density at radius 2 is 1.94 bits per heavy atom. The molecule has 18 heavy (non-hydrogen) atoms. The maximum Gasteiger partial charge on any atom is 0.469 e. The molecule has 8 nitrogen and oxygen atoms in total. The summed E-state index contributed by atoms with van der Waals surface area (Å²) in [6, 6.07) is 0. The van der Waals surface area contributed by atoms with Crippen LogP contribution in [0.1, 0.15) is 32.6 Å². The van der Waals surface area contributed by atoms with E-state index in [2.05, 4.69) is 9.41 Å². The maximum atomic E-state index is 11.2. The van der Waals surface area contributed by atoms with Crippen molar-refractivity contribution in [2.24, 2.45) is 0 Å². The number of unbranched alkanes of at least 4 members (excludes halogenated alkanes) is 2. The molecule has 0 aromatic carbocycles. The normalized spacial score (nSPS) is 13.3. The van der Waals surface area contributed by atoms with Crippen LogP contribution in [0.4, 0.5) is 0 Å². The van der Waals surface area contributed by atoms with Crippen molar-refractivity contribution in [3.8, 4) is 0 Å². The van der Waals surface area contributed by atoms with E-state index in [-0.39, 0.29) is 13.0 Å². The van der Waals surface area contributed by atoms with Gasteiger partial charge in [0.1, 0.15) is 6.61 Å². The minimum Gasteiger partial charge on any atom is -0.463 e. The fourth-order valence-corrected chi connectivity index (χ4v) is 1.43. The number of carbonyl (C=O) groups excluding carboxylic acids is 1. The lowest BCUT2D eigenvalue weighted by Crippen LogP contribution is -2.25. The summed E-state index contributed by atoms with van der Waals surface area (Å²) in [6.45, 7) is 1.09. The van der Waals surface area contributed by atoms with Gasteiger partial charge in [0, 0.05) is 6.42 Å². The van der Waals surface area contributed by atoms with Gasteiger partial charge in [0.25, 0.3) is 0 Å². The van der Waals surface area contributed by atoms with E-state index in [1.54, 1.807) is 0 Å².